The second kappa shape index (κ2) is 12.6. The summed E-state index contributed by atoms with van der Waals surface area (Å²) in [6.07, 6.45) is 4.12. The van der Waals surface area contributed by atoms with Gasteiger partial charge in [-0.05, 0) is 56.7 Å². The van der Waals surface area contributed by atoms with Gasteiger partial charge in [0.1, 0.15) is 11.5 Å². The molecule has 2 aromatic carbocycles. The maximum Gasteiger partial charge on any atom is 0.303 e. The molecule has 0 aliphatic heterocycles. The Kier molecular flexibility index (Phi) is 9.88. The molecule has 0 saturated carbocycles. The third kappa shape index (κ3) is 7.63. The number of carbonyl (C=O) groups is 2. The molecule has 0 atom stereocenters. The number of hydrogen-bond acceptors (Lipinski definition) is 4. The van der Waals surface area contributed by atoms with Crippen molar-refractivity contribution in [1.29, 1.82) is 0 Å². The average molecular weight is 428 g/mol. The van der Waals surface area contributed by atoms with Crippen LogP contribution in [0.2, 0.25) is 0 Å². The Morgan fingerprint density at radius 1 is 0.903 bits per heavy atom. The van der Waals surface area contributed by atoms with Crippen molar-refractivity contribution < 1.29 is 24.2 Å². The summed E-state index contributed by atoms with van der Waals surface area (Å²) in [4.78, 5) is 25.9. The molecule has 1 N–H and O–H groups in total. The Labute approximate surface area is 184 Å². The van der Waals surface area contributed by atoms with Crippen LogP contribution < -0.4 is 9.47 Å². The van der Waals surface area contributed by atoms with Gasteiger partial charge in [0.05, 0.1) is 14.2 Å². The molecular weight excluding hydrogens is 394 g/mol. The lowest BCUT2D eigenvalue weighted by Crippen LogP contribution is -2.33. The number of nitrogens with zero attached hydrogens (tertiary/aromatic N) is 1. The fraction of sp³-hybridized carbons (Fsp3) is 0.440. The quantitative estimate of drug-likeness (QED) is 0.468. The smallest absolute Gasteiger partial charge is 0.303 e. The number of aliphatic carboxylic acids is 1. The zero-order valence-corrected chi connectivity index (χ0v) is 18.7. The van der Waals surface area contributed by atoms with Gasteiger partial charge < -0.3 is 19.5 Å². The van der Waals surface area contributed by atoms with E-state index in [9.17, 15) is 9.59 Å². The summed E-state index contributed by atoms with van der Waals surface area (Å²) in [5.41, 5.74) is 2.65. The summed E-state index contributed by atoms with van der Waals surface area (Å²) in [6, 6.07) is 13.8. The molecule has 0 fully saturated rings. The zero-order chi connectivity index (χ0) is 22.6. The van der Waals surface area contributed by atoms with Crippen molar-refractivity contribution in [3.05, 3.63) is 59.2 Å². The SMILES string of the molecule is COc1cc(C(=O)N(CCCCC(=O)O)CCCCc2ccccc2)cc(OC)c1C. The summed E-state index contributed by atoms with van der Waals surface area (Å²) in [5.74, 6) is 0.315. The summed E-state index contributed by atoms with van der Waals surface area (Å²) in [7, 11) is 3.15. The van der Waals surface area contributed by atoms with E-state index in [1.807, 2.05) is 30.0 Å². The van der Waals surface area contributed by atoms with Crippen LogP contribution in [-0.4, -0.2) is 49.2 Å². The zero-order valence-electron chi connectivity index (χ0n) is 18.7. The van der Waals surface area contributed by atoms with Gasteiger partial charge in [0, 0.05) is 30.6 Å². The van der Waals surface area contributed by atoms with Crippen LogP contribution in [0.3, 0.4) is 0 Å². The van der Waals surface area contributed by atoms with Crippen molar-refractivity contribution in [3.63, 3.8) is 0 Å². The van der Waals surface area contributed by atoms with Crippen molar-refractivity contribution in [2.75, 3.05) is 27.3 Å². The monoisotopic (exact) mass is 427 g/mol. The topological polar surface area (TPSA) is 76.1 Å². The number of benzene rings is 2. The van der Waals surface area contributed by atoms with Gasteiger partial charge in [-0.15, -0.1) is 0 Å². The minimum absolute atomic E-state index is 0.0911. The van der Waals surface area contributed by atoms with Crippen LogP contribution in [0, 0.1) is 6.92 Å². The number of unbranched alkanes of at least 4 members (excludes halogenated alkanes) is 2. The lowest BCUT2D eigenvalue weighted by atomic mass is 10.1. The highest BCUT2D eigenvalue weighted by Crippen LogP contribution is 2.30. The van der Waals surface area contributed by atoms with E-state index < -0.39 is 5.97 Å². The van der Waals surface area contributed by atoms with E-state index in [4.69, 9.17) is 14.6 Å². The molecule has 0 radical (unpaired) electrons. The largest absolute Gasteiger partial charge is 0.496 e. The van der Waals surface area contributed by atoms with E-state index >= 15 is 0 Å². The first-order chi connectivity index (χ1) is 15.0. The molecule has 2 aromatic rings. The predicted octanol–water partition coefficient (Wildman–Crippen LogP) is 4.73. The molecule has 6 nitrogen and oxygen atoms in total. The molecule has 0 aromatic heterocycles. The van der Waals surface area contributed by atoms with E-state index in [0.29, 0.717) is 43.0 Å². The molecule has 0 saturated heterocycles. The first kappa shape index (κ1) is 24.3. The van der Waals surface area contributed by atoms with Crippen LogP contribution in [0.15, 0.2) is 42.5 Å². The number of carbonyl (C=O) groups excluding carboxylic acids is 1. The molecule has 0 heterocycles. The molecule has 0 aliphatic carbocycles. The molecule has 1 amide bonds. The van der Waals surface area contributed by atoms with Crippen LogP contribution in [0.4, 0.5) is 0 Å². The van der Waals surface area contributed by atoms with Gasteiger partial charge in [-0.2, -0.15) is 0 Å². The molecule has 0 aliphatic rings. The molecule has 6 heteroatoms. The molecular formula is C25H33NO5. The fourth-order valence-corrected chi connectivity index (χ4v) is 3.56. The standard InChI is InChI=1S/C25H33NO5/c1-19-22(30-2)17-21(18-23(19)31-3)25(29)26(16-10-8-14-24(27)28)15-9-7-13-20-11-5-4-6-12-20/h4-6,11-12,17-18H,7-10,13-16H2,1-3H3,(H,27,28). The Hall–Kier alpha value is -3.02. The van der Waals surface area contributed by atoms with Crippen LogP contribution >= 0.6 is 0 Å². The number of carboxylic acids is 1. The highest BCUT2D eigenvalue weighted by molar-refractivity contribution is 5.95. The number of methoxy groups -OCH3 is 2. The van der Waals surface area contributed by atoms with Crippen LogP contribution in [0.25, 0.3) is 0 Å². The first-order valence-corrected chi connectivity index (χ1v) is 10.7. The van der Waals surface area contributed by atoms with Gasteiger partial charge in [-0.25, -0.2) is 0 Å². The van der Waals surface area contributed by atoms with Crippen molar-refractivity contribution in [2.45, 2.75) is 45.4 Å². The van der Waals surface area contributed by atoms with Gasteiger partial charge in [0.2, 0.25) is 0 Å². The van der Waals surface area contributed by atoms with Crippen molar-refractivity contribution >= 4 is 11.9 Å². The van der Waals surface area contributed by atoms with Gasteiger partial charge >= 0.3 is 5.97 Å². The van der Waals surface area contributed by atoms with Crippen LogP contribution in [0.1, 0.15) is 53.6 Å². The Bertz CT molecular complexity index is 825. The average Bonchev–Trinajstić information content (AvgIpc) is 2.78. The molecule has 0 bridgehead atoms. The minimum Gasteiger partial charge on any atom is -0.496 e. The van der Waals surface area contributed by atoms with Crippen LogP contribution in [0.5, 0.6) is 11.5 Å². The Morgan fingerprint density at radius 3 is 2.03 bits per heavy atom. The Morgan fingerprint density at radius 2 is 1.48 bits per heavy atom. The van der Waals surface area contributed by atoms with E-state index in [1.54, 1.807) is 26.4 Å². The van der Waals surface area contributed by atoms with E-state index in [-0.39, 0.29) is 12.3 Å². The third-order valence-electron chi connectivity index (χ3n) is 5.34. The number of hydrogen-bond donors (Lipinski definition) is 1. The molecule has 168 valence electrons. The predicted molar refractivity (Wildman–Crippen MR) is 121 cm³/mol. The number of amides is 1. The molecule has 0 spiro atoms. The second-order valence-electron chi connectivity index (χ2n) is 7.59. The summed E-state index contributed by atoms with van der Waals surface area (Å²) in [5, 5.41) is 8.88. The fourth-order valence-electron chi connectivity index (χ4n) is 3.56. The van der Waals surface area contributed by atoms with Crippen molar-refractivity contribution in [2.24, 2.45) is 0 Å². The second-order valence-corrected chi connectivity index (χ2v) is 7.59. The van der Waals surface area contributed by atoms with E-state index in [2.05, 4.69) is 12.1 Å². The van der Waals surface area contributed by atoms with Crippen molar-refractivity contribution in [3.8, 4) is 11.5 Å². The van der Waals surface area contributed by atoms with Gasteiger partial charge in [-0.3, -0.25) is 9.59 Å². The van der Waals surface area contributed by atoms with E-state index in [1.165, 1.54) is 5.56 Å². The molecule has 31 heavy (non-hydrogen) atoms. The maximum absolute atomic E-state index is 13.3. The summed E-state index contributed by atoms with van der Waals surface area (Å²) in [6.45, 7) is 3.03. The van der Waals surface area contributed by atoms with Crippen LogP contribution in [-0.2, 0) is 11.2 Å². The summed E-state index contributed by atoms with van der Waals surface area (Å²) >= 11 is 0. The molecule has 2 rings (SSSR count). The van der Waals surface area contributed by atoms with Gasteiger partial charge in [0.15, 0.2) is 0 Å². The number of carboxylic acid groups (broad SMARTS) is 1. The van der Waals surface area contributed by atoms with Gasteiger partial charge in [0.25, 0.3) is 5.91 Å². The first-order valence-electron chi connectivity index (χ1n) is 10.7. The van der Waals surface area contributed by atoms with E-state index in [0.717, 1.165) is 24.8 Å². The highest BCUT2D eigenvalue weighted by Gasteiger charge is 2.19. The molecule has 0 unspecified atom stereocenters. The minimum atomic E-state index is -0.811. The highest BCUT2D eigenvalue weighted by atomic mass is 16.5. The third-order valence-corrected chi connectivity index (χ3v) is 5.34. The van der Waals surface area contributed by atoms with Crippen molar-refractivity contribution in [1.82, 2.24) is 4.90 Å². The number of aryl methyl sites for hydroxylation is 1. The lowest BCUT2D eigenvalue weighted by molar-refractivity contribution is -0.137. The normalized spacial score (nSPS) is 10.5. The number of ether oxygens (including phenoxy) is 2. The maximum atomic E-state index is 13.3. The lowest BCUT2D eigenvalue weighted by Gasteiger charge is -2.24. The van der Waals surface area contributed by atoms with Gasteiger partial charge in [-0.1, -0.05) is 30.3 Å². The summed E-state index contributed by atoms with van der Waals surface area (Å²) < 4.78 is 10.8. The number of rotatable bonds is 13. The Balaban J connectivity index is 2.06.